The molecule has 0 aromatic heterocycles. The smallest absolute Gasteiger partial charge is 0.237 e. The van der Waals surface area contributed by atoms with Gasteiger partial charge in [-0.1, -0.05) is 0 Å². The molecule has 2 rings (SSSR count). The van der Waals surface area contributed by atoms with Gasteiger partial charge in [-0.25, -0.2) is 0 Å². The fraction of sp³-hybridized carbons (Fsp3) is 0.235. The zero-order valence-corrected chi connectivity index (χ0v) is 13.6. The second kappa shape index (κ2) is 7.75. The molecule has 0 aliphatic rings. The molecule has 0 spiro atoms. The average Bonchev–Trinajstić information content (AvgIpc) is 2.56. The number of benzene rings is 2. The van der Waals surface area contributed by atoms with Crippen molar-refractivity contribution in [2.24, 2.45) is 0 Å². The fourth-order valence-electron chi connectivity index (χ4n) is 1.83. The van der Waals surface area contributed by atoms with Crippen molar-refractivity contribution in [3.8, 4) is 11.5 Å². The molecule has 0 saturated carbocycles. The molecule has 2 aromatic carbocycles. The lowest BCUT2D eigenvalue weighted by Crippen LogP contribution is -2.22. The van der Waals surface area contributed by atoms with Crippen molar-refractivity contribution < 1.29 is 14.3 Å². The van der Waals surface area contributed by atoms with E-state index >= 15 is 0 Å². The molecule has 0 unspecified atom stereocenters. The number of thioether (sulfide) groups is 1. The van der Waals surface area contributed by atoms with Gasteiger partial charge in [-0.05, 0) is 55.5 Å². The predicted molar refractivity (Wildman–Crippen MR) is 89.9 cm³/mol. The first-order chi connectivity index (χ1) is 10.6. The second-order valence-electron chi connectivity index (χ2n) is 4.65. The van der Waals surface area contributed by atoms with E-state index in [0.717, 1.165) is 22.1 Å². The Morgan fingerprint density at radius 3 is 1.95 bits per heavy atom. The van der Waals surface area contributed by atoms with E-state index in [-0.39, 0.29) is 11.2 Å². The first kappa shape index (κ1) is 16.2. The monoisotopic (exact) mass is 317 g/mol. The van der Waals surface area contributed by atoms with Crippen LogP contribution in [0.25, 0.3) is 0 Å². The van der Waals surface area contributed by atoms with Crippen LogP contribution in [0.3, 0.4) is 0 Å². The molecule has 0 bridgehead atoms. The molecule has 1 amide bonds. The third-order valence-corrected chi connectivity index (χ3v) is 4.21. The van der Waals surface area contributed by atoms with Gasteiger partial charge in [0, 0.05) is 10.6 Å². The number of ether oxygens (including phenoxy) is 2. The van der Waals surface area contributed by atoms with E-state index < -0.39 is 0 Å². The first-order valence-electron chi connectivity index (χ1n) is 6.88. The summed E-state index contributed by atoms with van der Waals surface area (Å²) in [5.41, 5.74) is 0.757. The van der Waals surface area contributed by atoms with Gasteiger partial charge in [-0.15, -0.1) is 11.8 Å². The number of nitrogens with one attached hydrogen (secondary N) is 1. The number of rotatable bonds is 6. The lowest BCUT2D eigenvalue weighted by atomic mass is 10.3. The molecule has 1 atom stereocenters. The van der Waals surface area contributed by atoms with E-state index in [1.807, 2.05) is 55.5 Å². The van der Waals surface area contributed by atoms with Gasteiger partial charge in [0.25, 0.3) is 0 Å². The van der Waals surface area contributed by atoms with Crippen LogP contribution >= 0.6 is 11.8 Å². The van der Waals surface area contributed by atoms with Crippen LogP contribution in [-0.4, -0.2) is 25.4 Å². The van der Waals surface area contributed by atoms with Crippen molar-refractivity contribution in [3.63, 3.8) is 0 Å². The lowest BCUT2D eigenvalue weighted by Gasteiger charge is -2.12. The highest BCUT2D eigenvalue weighted by Crippen LogP contribution is 2.26. The van der Waals surface area contributed by atoms with Crippen LogP contribution in [-0.2, 0) is 4.79 Å². The molecule has 0 aliphatic carbocycles. The maximum atomic E-state index is 12.2. The molecule has 0 fully saturated rings. The number of carbonyl (C=O) groups is 1. The number of hydrogen-bond acceptors (Lipinski definition) is 4. The maximum Gasteiger partial charge on any atom is 0.237 e. The Bertz CT molecular complexity index is 611. The third-order valence-electron chi connectivity index (χ3n) is 3.10. The molecular weight excluding hydrogens is 298 g/mol. The number of carbonyl (C=O) groups excluding carboxylic acids is 1. The molecule has 116 valence electrons. The summed E-state index contributed by atoms with van der Waals surface area (Å²) in [6.07, 6.45) is 0. The maximum absolute atomic E-state index is 12.2. The molecule has 0 saturated heterocycles. The SMILES string of the molecule is COc1ccc(NC(=O)[C@H](C)Sc2ccc(OC)cc2)cc1. The van der Waals surface area contributed by atoms with E-state index in [4.69, 9.17) is 9.47 Å². The van der Waals surface area contributed by atoms with Crippen molar-refractivity contribution >= 4 is 23.4 Å². The zero-order chi connectivity index (χ0) is 15.9. The van der Waals surface area contributed by atoms with Gasteiger partial charge in [0.2, 0.25) is 5.91 Å². The summed E-state index contributed by atoms with van der Waals surface area (Å²) in [6.45, 7) is 1.88. The second-order valence-corrected chi connectivity index (χ2v) is 6.07. The summed E-state index contributed by atoms with van der Waals surface area (Å²) in [7, 11) is 3.24. The van der Waals surface area contributed by atoms with Crippen molar-refractivity contribution in [1.82, 2.24) is 0 Å². The Morgan fingerprint density at radius 1 is 0.955 bits per heavy atom. The minimum atomic E-state index is -0.199. The number of methoxy groups -OCH3 is 2. The van der Waals surface area contributed by atoms with Crippen molar-refractivity contribution in [2.45, 2.75) is 17.1 Å². The Hall–Kier alpha value is -2.14. The highest BCUT2D eigenvalue weighted by Gasteiger charge is 2.14. The summed E-state index contributed by atoms with van der Waals surface area (Å²) in [5, 5.41) is 2.70. The summed E-state index contributed by atoms with van der Waals surface area (Å²) < 4.78 is 10.2. The Balaban J connectivity index is 1.92. The van der Waals surface area contributed by atoms with E-state index in [9.17, 15) is 4.79 Å². The van der Waals surface area contributed by atoms with Gasteiger partial charge in [-0.2, -0.15) is 0 Å². The minimum Gasteiger partial charge on any atom is -0.497 e. The normalized spacial score (nSPS) is 11.6. The zero-order valence-electron chi connectivity index (χ0n) is 12.8. The van der Waals surface area contributed by atoms with Crippen LogP contribution in [0.4, 0.5) is 5.69 Å². The van der Waals surface area contributed by atoms with Gasteiger partial charge in [0.15, 0.2) is 0 Å². The summed E-state index contributed by atoms with van der Waals surface area (Å²) in [6, 6.07) is 14.9. The molecule has 2 aromatic rings. The molecular formula is C17H19NO3S. The third kappa shape index (κ3) is 4.43. The van der Waals surface area contributed by atoms with E-state index in [0.29, 0.717) is 0 Å². The van der Waals surface area contributed by atoms with Crippen LogP contribution in [0.1, 0.15) is 6.92 Å². The standard InChI is InChI=1S/C17H19NO3S/c1-12(22-16-10-8-15(21-3)9-11-16)17(19)18-13-4-6-14(20-2)7-5-13/h4-12H,1-3H3,(H,18,19)/t12-/m0/s1. The van der Waals surface area contributed by atoms with E-state index in [2.05, 4.69) is 5.32 Å². The van der Waals surface area contributed by atoms with E-state index in [1.54, 1.807) is 14.2 Å². The Kier molecular flexibility index (Phi) is 5.72. The Morgan fingerprint density at radius 2 is 1.45 bits per heavy atom. The van der Waals surface area contributed by atoms with Gasteiger partial charge in [-0.3, -0.25) is 4.79 Å². The summed E-state index contributed by atoms with van der Waals surface area (Å²) in [5.74, 6) is 1.53. The molecule has 5 heteroatoms. The van der Waals surface area contributed by atoms with Crippen molar-refractivity contribution in [2.75, 3.05) is 19.5 Å². The summed E-state index contributed by atoms with van der Waals surface area (Å²) in [4.78, 5) is 13.2. The lowest BCUT2D eigenvalue weighted by molar-refractivity contribution is -0.115. The number of hydrogen-bond donors (Lipinski definition) is 1. The van der Waals surface area contributed by atoms with Crippen LogP contribution in [0.2, 0.25) is 0 Å². The Labute approximate surface area is 134 Å². The van der Waals surface area contributed by atoms with Crippen molar-refractivity contribution in [1.29, 1.82) is 0 Å². The quantitative estimate of drug-likeness (QED) is 0.823. The molecule has 22 heavy (non-hydrogen) atoms. The fourth-order valence-corrected chi connectivity index (χ4v) is 2.70. The molecule has 0 heterocycles. The minimum absolute atomic E-state index is 0.0361. The first-order valence-corrected chi connectivity index (χ1v) is 7.76. The topological polar surface area (TPSA) is 47.6 Å². The highest BCUT2D eigenvalue weighted by atomic mass is 32.2. The van der Waals surface area contributed by atoms with Crippen molar-refractivity contribution in [3.05, 3.63) is 48.5 Å². The highest BCUT2D eigenvalue weighted by molar-refractivity contribution is 8.00. The van der Waals surface area contributed by atoms with Crippen LogP contribution in [0.15, 0.2) is 53.4 Å². The molecule has 1 N–H and O–H groups in total. The molecule has 4 nitrogen and oxygen atoms in total. The van der Waals surface area contributed by atoms with E-state index in [1.165, 1.54) is 11.8 Å². The number of anilines is 1. The largest absolute Gasteiger partial charge is 0.497 e. The molecule has 0 radical (unpaired) electrons. The van der Waals surface area contributed by atoms with Gasteiger partial charge in [0.1, 0.15) is 11.5 Å². The predicted octanol–water partition coefficient (Wildman–Crippen LogP) is 3.82. The van der Waals surface area contributed by atoms with Gasteiger partial charge >= 0.3 is 0 Å². The van der Waals surface area contributed by atoms with Gasteiger partial charge < -0.3 is 14.8 Å². The van der Waals surface area contributed by atoms with Crippen LogP contribution < -0.4 is 14.8 Å². The average molecular weight is 317 g/mol. The number of amides is 1. The summed E-state index contributed by atoms with van der Waals surface area (Å²) >= 11 is 1.51. The van der Waals surface area contributed by atoms with Gasteiger partial charge in [0.05, 0.1) is 19.5 Å². The molecule has 0 aliphatic heterocycles. The van der Waals surface area contributed by atoms with Crippen LogP contribution in [0.5, 0.6) is 11.5 Å². The van der Waals surface area contributed by atoms with Crippen LogP contribution in [0, 0.1) is 0 Å².